The van der Waals surface area contributed by atoms with Gasteiger partial charge in [0.25, 0.3) is 0 Å². The fourth-order valence-corrected chi connectivity index (χ4v) is 11.5. The van der Waals surface area contributed by atoms with Gasteiger partial charge < -0.3 is 38.6 Å². The average Bonchev–Trinajstić information content (AvgIpc) is 2.07. The number of pyridine rings is 4. The molecule has 0 saturated carbocycles. The molecule has 2 radical (unpaired) electrons. The van der Waals surface area contributed by atoms with Crippen molar-refractivity contribution in [1.29, 1.82) is 0 Å². The molecule has 12 rings (SSSR count). The fraction of sp³-hybridized carbons (Fsp3) is 0.164. The SMILES string of the molecule is C.C.CO.CO.CS(=O)(=O)[O-].C[Si](C)(C)c1ccc[c-]c1-c1nccc2oc3ccccc3c12.C[Si](C)(C)c1ccc[c-]c1-c1nccc2oc3ccccc3c12.[2H][2H].[2H][2H].[Ir].[Ir].[c-]1ccccc1-c1ccccn1.c1ccc(-c2ccccn2)cc1. The van der Waals surface area contributed by atoms with Crippen LogP contribution in [0.3, 0.4) is 0 Å². The third kappa shape index (κ3) is 20.1. The molecule has 0 aliphatic carbocycles. The Labute approximate surface area is 525 Å². The number of nitrogens with zero attached hydrogens (tertiary/aromatic N) is 4. The van der Waals surface area contributed by atoms with E-state index in [4.69, 9.17) is 47.9 Å². The molecule has 2 N–H and O–H groups in total. The van der Waals surface area contributed by atoms with Crippen LogP contribution in [0.2, 0.25) is 39.3 Å². The van der Waals surface area contributed by atoms with E-state index in [0.717, 1.165) is 103 Å². The van der Waals surface area contributed by atoms with Crippen LogP contribution in [0, 0.1) is 18.2 Å². The van der Waals surface area contributed by atoms with Crippen LogP contribution in [-0.4, -0.2) is 79.7 Å². The van der Waals surface area contributed by atoms with E-state index in [0.29, 0.717) is 6.26 Å². The zero-order valence-corrected chi connectivity index (χ0v) is 54.1. The topological polar surface area (TPSA) is 175 Å². The first kappa shape index (κ1) is 68.6. The summed E-state index contributed by atoms with van der Waals surface area (Å²) in [6.07, 6.45) is 7.86. The minimum Gasteiger partial charge on any atom is -0.748 e. The molecule has 0 saturated heterocycles. The first-order valence-corrected chi connectivity index (χ1v) is 34.1. The quantitative estimate of drug-likeness (QED) is 0.0920. The van der Waals surface area contributed by atoms with Gasteiger partial charge in [-0.2, -0.15) is 0 Å². The van der Waals surface area contributed by atoms with E-state index >= 15 is 0 Å². The third-order valence-corrected chi connectivity index (χ3v) is 15.8. The zero-order valence-electron chi connectivity index (χ0n) is 50.5. The van der Waals surface area contributed by atoms with Crippen molar-refractivity contribution in [3.63, 3.8) is 0 Å². The van der Waals surface area contributed by atoms with Crippen LogP contribution in [0.1, 0.15) is 20.8 Å². The Kier molecular flexibility index (Phi) is 28.6. The van der Waals surface area contributed by atoms with Crippen molar-refractivity contribution in [2.24, 2.45) is 0 Å². The van der Waals surface area contributed by atoms with Crippen molar-refractivity contribution in [2.75, 3.05) is 20.5 Å². The molecule has 0 amide bonds. The van der Waals surface area contributed by atoms with E-state index in [1.165, 1.54) is 10.4 Å². The molecule has 0 atom stereocenters. The number of hydrogen-bond donors (Lipinski definition) is 2. The van der Waals surface area contributed by atoms with E-state index in [1.54, 1.807) is 6.20 Å². The van der Waals surface area contributed by atoms with Crippen LogP contribution in [0.25, 0.3) is 88.9 Å². The molecular weight excluding hydrogens is 1450 g/mol. The van der Waals surface area contributed by atoms with E-state index in [2.05, 4.69) is 116 Å². The predicted molar refractivity (Wildman–Crippen MR) is 345 cm³/mol. The van der Waals surface area contributed by atoms with Gasteiger partial charge >= 0.3 is 0 Å². The number of aliphatic hydroxyl groups excluding tert-OH is 2. The largest absolute Gasteiger partial charge is 0.748 e. The Balaban J connectivity index is 0.00000108. The summed E-state index contributed by atoms with van der Waals surface area (Å²) in [7, 11) is -4.91. The second-order valence-corrected chi connectivity index (χ2v) is 30.9. The molecule has 6 aromatic heterocycles. The van der Waals surface area contributed by atoms with Gasteiger partial charge in [-0.3, -0.25) is 4.98 Å². The normalized spacial score (nSPS) is 10.6. The zero-order chi connectivity index (χ0) is 61.0. The second-order valence-electron chi connectivity index (χ2n) is 19.5. The van der Waals surface area contributed by atoms with Crippen molar-refractivity contribution in [3.05, 3.63) is 231 Å². The van der Waals surface area contributed by atoms with Crippen molar-refractivity contribution >= 4 is 80.5 Å². The molecule has 0 aliphatic heterocycles. The molecule has 12 aromatic rings. The molecule has 11 nitrogen and oxygen atoms in total. The van der Waals surface area contributed by atoms with E-state index < -0.39 is 26.3 Å². The van der Waals surface area contributed by atoms with Crippen LogP contribution < -0.4 is 10.4 Å². The number of aromatic nitrogens is 4. The Hall–Kier alpha value is -6.92. The van der Waals surface area contributed by atoms with Crippen LogP contribution in [0.15, 0.2) is 222 Å². The maximum absolute atomic E-state index is 9.08. The first-order chi connectivity index (χ1) is 40.0. The molecule has 16 heteroatoms. The number of fused-ring (bicyclic) bond motifs is 6. The smallest absolute Gasteiger partial charge is 0.134 e. The van der Waals surface area contributed by atoms with Gasteiger partial charge in [0.05, 0.1) is 15.8 Å². The Morgan fingerprint density at radius 1 is 0.458 bits per heavy atom. The minimum absolute atomic E-state index is 0. The van der Waals surface area contributed by atoms with E-state index in [-0.39, 0.29) is 55.1 Å². The number of aliphatic hydroxyl groups is 2. The number of rotatable bonds is 6. The number of furan rings is 2. The predicted octanol–water partition coefficient (Wildman–Crippen LogP) is 15.4. The Morgan fingerprint density at radius 3 is 1.24 bits per heavy atom. The molecule has 6 aromatic carbocycles. The van der Waals surface area contributed by atoms with Gasteiger partial charge in [0.2, 0.25) is 0 Å². The Morgan fingerprint density at radius 2 is 0.843 bits per heavy atom. The number of benzene rings is 6. The van der Waals surface area contributed by atoms with Gasteiger partial charge in [-0.25, -0.2) is 8.42 Å². The number of para-hydroxylation sites is 2. The maximum Gasteiger partial charge on any atom is 0.134 e. The standard InChI is InChI=1S/2C20H18NOSi.C11H9N.C11H8N.CH4O3S.2CH4O.2CH4.2Ir.2H2/c2*1-23(2,3)18-11-7-5-9-15(18)20-19-14-8-4-6-10-16(14)22-17(19)12-13-21-20;2*1-2-6-10(7-3-1)11-8-4-5-9-12-11;1-5(2,3)4;2*1-2;;;;;;/h2*4-8,10-13H,1-3H3;1-9H;1-6,8-9H;1H3,(H,2,3,4);2*2H,1H3;2*1H4;;;2*1H/q2*-1;;-1;;;;;;;;;/p-1/i;;;;;;;;;;;2*1+1D. The second kappa shape index (κ2) is 34.6. The van der Waals surface area contributed by atoms with Crippen molar-refractivity contribution in [1.82, 2.24) is 19.9 Å². The van der Waals surface area contributed by atoms with Crippen molar-refractivity contribution < 1.29 is 78.2 Å². The summed E-state index contributed by atoms with van der Waals surface area (Å²) >= 11 is 0. The molecule has 0 spiro atoms. The summed E-state index contributed by atoms with van der Waals surface area (Å²) in [5.41, 5.74) is 12.0. The van der Waals surface area contributed by atoms with Gasteiger partial charge in [-0.05, 0) is 59.5 Å². The molecule has 0 fully saturated rings. The van der Waals surface area contributed by atoms with Gasteiger partial charge in [-0.1, -0.05) is 139 Å². The van der Waals surface area contributed by atoms with Crippen LogP contribution >= 0.6 is 0 Å². The summed E-state index contributed by atoms with van der Waals surface area (Å²) in [6, 6.07) is 72.5. The van der Waals surface area contributed by atoms with Crippen molar-refractivity contribution in [3.8, 4) is 45.0 Å². The summed E-state index contributed by atoms with van der Waals surface area (Å²) in [5.74, 6) is 0. The molecule has 83 heavy (non-hydrogen) atoms. The fourth-order valence-electron chi connectivity index (χ4n) is 8.45. The maximum atomic E-state index is 9.08. The summed E-state index contributed by atoms with van der Waals surface area (Å²) in [5, 5.41) is 21.2. The van der Waals surface area contributed by atoms with Gasteiger partial charge in [0, 0.05) is 135 Å². The van der Waals surface area contributed by atoms with Gasteiger partial charge in [-0.15, -0.1) is 106 Å². The van der Waals surface area contributed by atoms with Crippen LogP contribution in [0.5, 0.6) is 0 Å². The molecule has 6 heterocycles. The molecule has 442 valence electrons. The van der Waals surface area contributed by atoms with Crippen LogP contribution in [-0.2, 0) is 50.3 Å². The third-order valence-electron chi connectivity index (χ3n) is 11.8. The summed E-state index contributed by atoms with van der Waals surface area (Å²) < 4.78 is 59.2. The Bertz CT molecular complexity index is 3620. The first-order valence-electron chi connectivity index (χ1n) is 27.2. The molecular formula is C67H76Ir2N4O7SSi2-4. The summed E-state index contributed by atoms with van der Waals surface area (Å²) in [6.45, 7) is 14.1. The van der Waals surface area contributed by atoms with E-state index in [9.17, 15) is 0 Å². The average molecular weight is 1530 g/mol. The van der Waals surface area contributed by atoms with Crippen molar-refractivity contribution in [2.45, 2.75) is 54.1 Å². The molecule has 0 bridgehead atoms. The van der Waals surface area contributed by atoms with Gasteiger partial charge in [0.1, 0.15) is 22.3 Å². The van der Waals surface area contributed by atoms with Crippen LogP contribution in [0.4, 0.5) is 0 Å². The monoisotopic (exact) mass is 1530 g/mol. The molecule has 0 unspecified atom stereocenters. The minimum atomic E-state index is -3.92. The molecule has 0 aliphatic rings. The summed E-state index contributed by atoms with van der Waals surface area (Å²) in [4.78, 5) is 17.9. The number of hydrogen-bond acceptors (Lipinski definition) is 11. The van der Waals surface area contributed by atoms with E-state index in [1.807, 2.05) is 158 Å². The van der Waals surface area contributed by atoms with Gasteiger partial charge in [0.15, 0.2) is 0 Å².